The highest BCUT2D eigenvalue weighted by molar-refractivity contribution is 7.11. The van der Waals surface area contributed by atoms with Gasteiger partial charge in [0.1, 0.15) is 5.70 Å². The summed E-state index contributed by atoms with van der Waals surface area (Å²) in [6.45, 7) is 1.91. The number of anilines is 2. The van der Waals surface area contributed by atoms with Crippen molar-refractivity contribution < 1.29 is 18.4 Å². The van der Waals surface area contributed by atoms with Gasteiger partial charge in [-0.05, 0) is 48.2 Å². The van der Waals surface area contributed by atoms with Crippen molar-refractivity contribution in [1.82, 2.24) is 0 Å². The molecule has 1 aromatic heterocycles. The largest absolute Gasteiger partial charge is 0.350 e. The van der Waals surface area contributed by atoms with Crippen molar-refractivity contribution in [2.45, 2.75) is 6.92 Å². The topological polar surface area (TPSA) is 49.4 Å². The van der Waals surface area contributed by atoms with Crippen molar-refractivity contribution in [1.29, 1.82) is 0 Å². The fourth-order valence-corrected chi connectivity index (χ4v) is 3.79. The maximum absolute atomic E-state index is 13.7. The van der Waals surface area contributed by atoms with E-state index in [-0.39, 0.29) is 17.0 Å². The van der Waals surface area contributed by atoms with Crippen LogP contribution in [0.1, 0.15) is 10.4 Å². The Morgan fingerprint density at radius 3 is 2.43 bits per heavy atom. The number of aryl methyl sites for hydroxylation is 1. The second kappa shape index (κ2) is 7.01. The van der Waals surface area contributed by atoms with Gasteiger partial charge in [0, 0.05) is 16.6 Å². The molecule has 0 saturated heterocycles. The second-order valence-electron chi connectivity index (χ2n) is 6.27. The number of amides is 2. The number of nitrogens with one attached hydrogen (secondary N) is 1. The number of carbonyl (C=O) groups excluding carboxylic acids is 2. The van der Waals surface area contributed by atoms with Crippen LogP contribution >= 0.6 is 11.3 Å². The molecule has 0 spiro atoms. The van der Waals surface area contributed by atoms with E-state index < -0.39 is 23.4 Å². The van der Waals surface area contributed by atoms with Crippen LogP contribution in [0.4, 0.5) is 20.2 Å². The highest BCUT2D eigenvalue weighted by Gasteiger charge is 2.41. The van der Waals surface area contributed by atoms with E-state index in [9.17, 15) is 18.4 Å². The van der Waals surface area contributed by atoms with Gasteiger partial charge < -0.3 is 5.32 Å². The Bertz CT molecular complexity index is 1120. The zero-order valence-electron chi connectivity index (χ0n) is 14.7. The molecule has 0 bridgehead atoms. The van der Waals surface area contributed by atoms with E-state index in [1.165, 1.54) is 17.4 Å². The lowest BCUT2D eigenvalue weighted by Gasteiger charge is -2.15. The van der Waals surface area contributed by atoms with Crippen LogP contribution in [0.15, 0.2) is 65.7 Å². The van der Waals surface area contributed by atoms with E-state index in [4.69, 9.17) is 0 Å². The summed E-state index contributed by atoms with van der Waals surface area (Å²) in [4.78, 5) is 27.6. The van der Waals surface area contributed by atoms with E-state index in [1.54, 1.807) is 23.6 Å². The number of nitrogens with zero attached hydrogens (tertiary/aromatic N) is 1. The van der Waals surface area contributed by atoms with Crippen molar-refractivity contribution in [3.8, 4) is 0 Å². The molecule has 1 aliphatic rings. The molecule has 4 rings (SSSR count). The van der Waals surface area contributed by atoms with Crippen LogP contribution in [0, 0.1) is 18.6 Å². The Morgan fingerprint density at radius 2 is 1.75 bits per heavy atom. The number of hydrogen-bond acceptors (Lipinski definition) is 4. The fourth-order valence-electron chi connectivity index (χ4n) is 3.02. The van der Waals surface area contributed by atoms with Crippen LogP contribution < -0.4 is 10.2 Å². The van der Waals surface area contributed by atoms with Gasteiger partial charge in [0.25, 0.3) is 11.8 Å². The lowest BCUT2D eigenvalue weighted by molar-refractivity contribution is -0.120. The molecular formula is C21H14F2N2O2S. The number of benzene rings is 2. The zero-order valence-corrected chi connectivity index (χ0v) is 15.5. The number of imide groups is 1. The Morgan fingerprint density at radius 1 is 0.929 bits per heavy atom. The normalized spacial score (nSPS) is 14.2. The quantitative estimate of drug-likeness (QED) is 0.649. The lowest BCUT2D eigenvalue weighted by atomic mass is 10.1. The molecule has 2 aromatic carbocycles. The molecule has 2 heterocycles. The molecule has 7 heteroatoms. The summed E-state index contributed by atoms with van der Waals surface area (Å²) in [5.74, 6) is -3.39. The predicted octanol–water partition coefficient (Wildman–Crippen LogP) is 4.73. The number of rotatable bonds is 4. The third-order valence-electron chi connectivity index (χ3n) is 4.30. The first kappa shape index (κ1) is 18.1. The molecular weight excluding hydrogens is 382 g/mol. The van der Waals surface area contributed by atoms with Gasteiger partial charge >= 0.3 is 0 Å². The lowest BCUT2D eigenvalue weighted by Crippen LogP contribution is -2.32. The maximum atomic E-state index is 13.7. The average molecular weight is 396 g/mol. The van der Waals surface area contributed by atoms with Gasteiger partial charge in [0.2, 0.25) is 0 Å². The van der Waals surface area contributed by atoms with Crippen LogP contribution in [-0.2, 0) is 9.59 Å². The Balaban J connectivity index is 1.80. The smallest absolute Gasteiger partial charge is 0.282 e. The molecule has 3 aromatic rings. The number of thiophene rings is 1. The summed E-state index contributed by atoms with van der Waals surface area (Å²) in [5, 5.41) is 4.83. The van der Waals surface area contributed by atoms with Crippen LogP contribution in [0.5, 0.6) is 0 Å². The van der Waals surface area contributed by atoms with Crippen molar-refractivity contribution in [2.24, 2.45) is 0 Å². The first-order chi connectivity index (χ1) is 13.5. The Hall–Kier alpha value is -3.32. The van der Waals surface area contributed by atoms with Gasteiger partial charge in [-0.25, -0.2) is 13.7 Å². The number of hydrogen-bond donors (Lipinski definition) is 1. The van der Waals surface area contributed by atoms with Gasteiger partial charge in [0.15, 0.2) is 11.6 Å². The van der Waals surface area contributed by atoms with Crippen molar-refractivity contribution in [2.75, 3.05) is 10.2 Å². The number of halogens is 2. The summed E-state index contributed by atoms with van der Waals surface area (Å²) in [7, 11) is 0. The molecule has 140 valence electrons. The summed E-state index contributed by atoms with van der Waals surface area (Å²) >= 11 is 1.31. The molecule has 0 aliphatic carbocycles. The SMILES string of the molecule is Cc1cccc(NC2=C(c3cccs3)C(=O)N(c3ccc(F)c(F)c3)C2=O)c1. The fraction of sp³-hybridized carbons (Fsp3) is 0.0476. The molecule has 0 unspecified atom stereocenters. The predicted molar refractivity (Wildman–Crippen MR) is 105 cm³/mol. The Kier molecular flexibility index (Phi) is 4.52. The summed E-state index contributed by atoms with van der Waals surface area (Å²) in [6.07, 6.45) is 0. The molecule has 0 fully saturated rings. The van der Waals surface area contributed by atoms with Crippen LogP contribution in [-0.4, -0.2) is 11.8 Å². The summed E-state index contributed by atoms with van der Waals surface area (Å²) < 4.78 is 27.0. The second-order valence-corrected chi connectivity index (χ2v) is 7.21. The van der Waals surface area contributed by atoms with E-state index >= 15 is 0 Å². The highest BCUT2D eigenvalue weighted by atomic mass is 32.1. The van der Waals surface area contributed by atoms with Crippen LogP contribution in [0.25, 0.3) is 5.57 Å². The third kappa shape index (κ3) is 3.10. The van der Waals surface area contributed by atoms with E-state index in [2.05, 4.69) is 5.32 Å². The first-order valence-corrected chi connectivity index (χ1v) is 9.29. The molecule has 0 radical (unpaired) electrons. The molecule has 0 atom stereocenters. The van der Waals surface area contributed by atoms with Gasteiger partial charge in [-0.2, -0.15) is 0 Å². The monoisotopic (exact) mass is 396 g/mol. The molecule has 1 aliphatic heterocycles. The minimum Gasteiger partial charge on any atom is -0.350 e. The molecule has 2 amide bonds. The summed E-state index contributed by atoms with van der Waals surface area (Å²) in [6, 6.07) is 13.8. The van der Waals surface area contributed by atoms with Gasteiger partial charge in [-0.15, -0.1) is 11.3 Å². The minimum atomic E-state index is -1.13. The molecule has 0 saturated carbocycles. The van der Waals surface area contributed by atoms with Crippen LogP contribution in [0.2, 0.25) is 0 Å². The molecule has 4 nitrogen and oxygen atoms in total. The van der Waals surface area contributed by atoms with E-state index in [0.29, 0.717) is 10.6 Å². The summed E-state index contributed by atoms with van der Waals surface area (Å²) in [5.41, 5.74) is 1.91. The third-order valence-corrected chi connectivity index (χ3v) is 5.19. The van der Waals surface area contributed by atoms with E-state index in [1.807, 2.05) is 25.1 Å². The van der Waals surface area contributed by atoms with Crippen LogP contribution in [0.3, 0.4) is 0 Å². The van der Waals surface area contributed by atoms with Gasteiger partial charge in [0.05, 0.1) is 11.3 Å². The number of carbonyl (C=O) groups is 2. The van der Waals surface area contributed by atoms with Gasteiger partial charge in [-0.1, -0.05) is 18.2 Å². The first-order valence-electron chi connectivity index (χ1n) is 8.41. The minimum absolute atomic E-state index is 0.0241. The van der Waals surface area contributed by atoms with Gasteiger partial charge in [-0.3, -0.25) is 9.59 Å². The van der Waals surface area contributed by atoms with Crippen molar-refractivity contribution >= 4 is 40.1 Å². The average Bonchev–Trinajstić information content (AvgIpc) is 3.25. The standard InChI is InChI=1S/C21H14F2N2O2S/c1-12-4-2-5-13(10-12)24-19-18(17-6-3-9-28-17)20(26)25(21(19)27)14-7-8-15(22)16(23)11-14/h2-11,24H,1H3. The Labute approximate surface area is 163 Å². The van der Waals surface area contributed by atoms with Crippen molar-refractivity contribution in [3.63, 3.8) is 0 Å². The zero-order chi connectivity index (χ0) is 19.8. The molecule has 1 N–H and O–H groups in total. The highest BCUT2D eigenvalue weighted by Crippen LogP contribution is 2.35. The molecule has 28 heavy (non-hydrogen) atoms. The van der Waals surface area contributed by atoms with Crippen molar-refractivity contribution in [3.05, 3.63) is 87.7 Å². The van der Waals surface area contributed by atoms with E-state index in [0.717, 1.165) is 22.6 Å². The maximum Gasteiger partial charge on any atom is 0.282 e.